The number of hydrogen-bond donors (Lipinski definition) is 1. The first kappa shape index (κ1) is 26.5. The summed E-state index contributed by atoms with van der Waals surface area (Å²) in [6.45, 7) is 5.56. The Morgan fingerprint density at radius 3 is 2.47 bits per heavy atom. The van der Waals surface area contributed by atoms with E-state index in [-0.39, 0.29) is 28.4 Å². The number of benzene rings is 3. The molecule has 0 atom stereocenters. The molecule has 3 aromatic rings. The second-order valence-corrected chi connectivity index (χ2v) is 9.62. The number of anilines is 1. The highest BCUT2D eigenvalue weighted by Gasteiger charge is 2.23. The fourth-order valence-electron chi connectivity index (χ4n) is 3.30. The topological polar surface area (TPSA) is 105 Å². The lowest BCUT2D eigenvalue weighted by atomic mass is 10.0. The van der Waals surface area contributed by atoms with Gasteiger partial charge in [-0.2, -0.15) is 13.7 Å². The lowest BCUT2D eigenvalue weighted by Crippen LogP contribution is -2.14. The Hall–Kier alpha value is -4.06. The van der Waals surface area contributed by atoms with Crippen LogP contribution in [-0.4, -0.2) is 21.4 Å². The molecule has 0 fully saturated rings. The van der Waals surface area contributed by atoms with E-state index in [1.165, 1.54) is 43.5 Å². The zero-order chi connectivity index (χ0) is 26.3. The minimum Gasteiger partial charge on any atom is -0.493 e. The quantitative estimate of drug-likeness (QED) is 0.167. The Kier molecular flexibility index (Phi) is 8.54. The van der Waals surface area contributed by atoms with Crippen LogP contribution in [-0.2, 0) is 21.3 Å². The summed E-state index contributed by atoms with van der Waals surface area (Å²) in [5.74, 6) is -0.496. The van der Waals surface area contributed by atoms with E-state index < -0.39 is 16.0 Å². The summed E-state index contributed by atoms with van der Waals surface area (Å²) in [6.07, 6.45) is 3.20. The molecule has 7 nitrogen and oxygen atoms in total. The van der Waals surface area contributed by atoms with E-state index in [2.05, 4.69) is 11.9 Å². The first-order valence-corrected chi connectivity index (χ1v) is 12.5. The standard InChI is InChI=1S/C27H23ClN2O5S/c1-4-7-20-14-19(15-21(17-29)27(31)30-24-9-6-5-8-18(24)2)16-25(34-3)26(20)35-36(32,33)23-12-10-22(28)11-13-23/h4-6,8-16H,1,7H2,2-3H3,(H,30,31)/b21-15+. The zero-order valence-corrected chi connectivity index (χ0v) is 21.2. The molecule has 0 unspecified atom stereocenters. The van der Waals surface area contributed by atoms with Crippen molar-refractivity contribution >= 4 is 39.4 Å². The predicted octanol–water partition coefficient (Wildman–Crippen LogP) is 5.70. The molecule has 0 heterocycles. The highest BCUT2D eigenvalue weighted by atomic mass is 35.5. The summed E-state index contributed by atoms with van der Waals surface area (Å²) in [5, 5.41) is 12.7. The van der Waals surface area contributed by atoms with Gasteiger partial charge in [0.25, 0.3) is 5.91 Å². The number of ether oxygens (including phenoxy) is 1. The molecule has 0 radical (unpaired) electrons. The van der Waals surface area contributed by atoms with Gasteiger partial charge in [-0.25, -0.2) is 0 Å². The molecule has 0 aliphatic carbocycles. The number of nitrogens with zero attached hydrogens (tertiary/aromatic N) is 1. The number of nitriles is 1. The van der Waals surface area contributed by atoms with Crippen LogP contribution in [0.15, 0.2) is 83.8 Å². The number of allylic oxidation sites excluding steroid dienone is 1. The number of halogens is 1. The Bertz CT molecular complexity index is 1470. The summed E-state index contributed by atoms with van der Waals surface area (Å²) in [4.78, 5) is 12.7. The summed E-state index contributed by atoms with van der Waals surface area (Å²) < 4.78 is 36.6. The molecule has 1 amide bonds. The molecule has 0 aromatic heterocycles. The maximum Gasteiger partial charge on any atom is 0.339 e. The van der Waals surface area contributed by atoms with Crippen LogP contribution in [0.1, 0.15) is 16.7 Å². The van der Waals surface area contributed by atoms with Crippen LogP contribution in [0.5, 0.6) is 11.5 Å². The minimum absolute atomic E-state index is 0.0210. The van der Waals surface area contributed by atoms with Gasteiger partial charge in [0.15, 0.2) is 11.5 Å². The molecule has 36 heavy (non-hydrogen) atoms. The molecule has 0 saturated carbocycles. The van der Waals surface area contributed by atoms with E-state index in [1.54, 1.807) is 24.3 Å². The van der Waals surface area contributed by atoms with Gasteiger partial charge in [0.1, 0.15) is 16.5 Å². The van der Waals surface area contributed by atoms with Crippen molar-refractivity contribution in [2.45, 2.75) is 18.2 Å². The van der Waals surface area contributed by atoms with Crippen molar-refractivity contribution in [2.24, 2.45) is 0 Å². The molecule has 0 spiro atoms. The summed E-state index contributed by atoms with van der Waals surface area (Å²) >= 11 is 5.86. The lowest BCUT2D eigenvalue weighted by molar-refractivity contribution is -0.112. The van der Waals surface area contributed by atoms with Crippen LogP contribution >= 0.6 is 11.6 Å². The Morgan fingerprint density at radius 1 is 1.17 bits per heavy atom. The highest BCUT2D eigenvalue weighted by Crippen LogP contribution is 2.36. The van der Waals surface area contributed by atoms with Gasteiger partial charge in [0, 0.05) is 16.3 Å². The van der Waals surface area contributed by atoms with Gasteiger partial charge < -0.3 is 14.2 Å². The third kappa shape index (κ3) is 6.33. The third-order valence-corrected chi connectivity index (χ3v) is 6.59. The molecule has 0 aliphatic heterocycles. The van der Waals surface area contributed by atoms with Crippen molar-refractivity contribution in [3.8, 4) is 17.6 Å². The van der Waals surface area contributed by atoms with Crippen molar-refractivity contribution in [2.75, 3.05) is 12.4 Å². The van der Waals surface area contributed by atoms with Crippen LogP contribution in [0, 0.1) is 18.3 Å². The molecule has 3 rings (SSSR count). The number of para-hydroxylation sites is 1. The number of hydrogen-bond acceptors (Lipinski definition) is 6. The van der Waals surface area contributed by atoms with Crippen molar-refractivity contribution in [1.82, 2.24) is 0 Å². The number of methoxy groups -OCH3 is 1. The summed E-state index contributed by atoms with van der Waals surface area (Å²) in [5.41, 5.74) is 2.17. The molecule has 3 aromatic carbocycles. The zero-order valence-electron chi connectivity index (χ0n) is 19.6. The predicted molar refractivity (Wildman–Crippen MR) is 140 cm³/mol. The van der Waals surface area contributed by atoms with Crippen LogP contribution in [0.25, 0.3) is 6.08 Å². The Labute approximate surface area is 215 Å². The maximum atomic E-state index is 12.9. The van der Waals surface area contributed by atoms with Crippen molar-refractivity contribution in [1.29, 1.82) is 5.26 Å². The monoisotopic (exact) mass is 522 g/mol. The van der Waals surface area contributed by atoms with Gasteiger partial charge in [-0.3, -0.25) is 4.79 Å². The fraction of sp³-hybridized carbons (Fsp3) is 0.111. The van der Waals surface area contributed by atoms with Crippen LogP contribution < -0.4 is 14.2 Å². The second kappa shape index (κ2) is 11.6. The molecule has 184 valence electrons. The van der Waals surface area contributed by atoms with Crippen LogP contribution in [0.3, 0.4) is 0 Å². The minimum atomic E-state index is -4.20. The van der Waals surface area contributed by atoms with Gasteiger partial charge in [0.05, 0.1) is 7.11 Å². The maximum absolute atomic E-state index is 12.9. The van der Waals surface area contributed by atoms with Crippen LogP contribution in [0.4, 0.5) is 5.69 Å². The van der Waals surface area contributed by atoms with Gasteiger partial charge >= 0.3 is 10.1 Å². The number of aryl methyl sites for hydroxylation is 1. The largest absolute Gasteiger partial charge is 0.493 e. The normalized spacial score (nSPS) is 11.3. The summed E-state index contributed by atoms with van der Waals surface area (Å²) in [7, 11) is -2.84. The van der Waals surface area contributed by atoms with E-state index in [0.29, 0.717) is 21.8 Å². The Morgan fingerprint density at radius 2 is 1.86 bits per heavy atom. The van der Waals surface area contributed by atoms with Gasteiger partial charge in [-0.15, -0.1) is 6.58 Å². The van der Waals surface area contributed by atoms with Gasteiger partial charge in [-0.1, -0.05) is 35.9 Å². The highest BCUT2D eigenvalue weighted by molar-refractivity contribution is 7.87. The number of rotatable bonds is 9. The lowest BCUT2D eigenvalue weighted by Gasteiger charge is -2.16. The molecule has 0 saturated heterocycles. The number of amides is 1. The molecule has 0 aliphatic rings. The Balaban J connectivity index is 2.00. The van der Waals surface area contributed by atoms with E-state index in [0.717, 1.165) is 5.56 Å². The van der Waals surface area contributed by atoms with Crippen molar-refractivity contribution in [3.05, 3.63) is 101 Å². The number of carbonyl (C=O) groups excluding carboxylic acids is 1. The molecular formula is C27H23ClN2O5S. The average molecular weight is 523 g/mol. The second-order valence-electron chi connectivity index (χ2n) is 7.63. The molecule has 9 heteroatoms. The van der Waals surface area contributed by atoms with E-state index in [9.17, 15) is 18.5 Å². The average Bonchev–Trinajstić information content (AvgIpc) is 2.85. The van der Waals surface area contributed by atoms with Gasteiger partial charge in [0.2, 0.25) is 0 Å². The van der Waals surface area contributed by atoms with E-state index in [1.807, 2.05) is 25.1 Å². The number of carbonyl (C=O) groups is 1. The molecule has 1 N–H and O–H groups in total. The van der Waals surface area contributed by atoms with Crippen molar-refractivity contribution < 1.29 is 22.1 Å². The number of nitrogens with one attached hydrogen (secondary N) is 1. The first-order valence-electron chi connectivity index (χ1n) is 10.7. The van der Waals surface area contributed by atoms with Crippen molar-refractivity contribution in [3.63, 3.8) is 0 Å². The molecular weight excluding hydrogens is 500 g/mol. The van der Waals surface area contributed by atoms with E-state index in [4.69, 9.17) is 20.5 Å². The smallest absolute Gasteiger partial charge is 0.339 e. The molecule has 0 bridgehead atoms. The first-order chi connectivity index (χ1) is 17.2. The summed E-state index contributed by atoms with van der Waals surface area (Å²) in [6, 6.07) is 17.8. The SMILES string of the molecule is C=CCc1cc(/C=C(\C#N)C(=O)Nc2ccccc2C)cc(OC)c1OS(=O)(=O)c1ccc(Cl)cc1. The van der Waals surface area contributed by atoms with Crippen LogP contribution in [0.2, 0.25) is 5.02 Å². The van der Waals surface area contributed by atoms with Gasteiger partial charge in [-0.05, 0) is 73.0 Å². The van der Waals surface area contributed by atoms with E-state index >= 15 is 0 Å². The third-order valence-electron chi connectivity index (χ3n) is 5.10. The fourth-order valence-corrected chi connectivity index (χ4v) is 4.40.